The maximum absolute atomic E-state index is 12.6. The first-order valence-electron chi connectivity index (χ1n) is 14.9. The molecule has 1 aliphatic carbocycles. The van der Waals surface area contributed by atoms with Crippen molar-refractivity contribution in [2.24, 2.45) is 5.92 Å². The highest BCUT2D eigenvalue weighted by atomic mass is 16.7. The number of unbranched alkanes of at least 4 members (excludes halogenated alkanes) is 7. The molecule has 2 rings (SSSR count). The normalized spacial score (nSPS) is 37.3. The molecule has 0 radical (unpaired) electrons. The molecule has 1 saturated heterocycles. The smallest absolute Gasteiger partial charge is 0.306 e. The van der Waals surface area contributed by atoms with Crippen molar-refractivity contribution in [1.29, 1.82) is 0 Å². The maximum Gasteiger partial charge on any atom is 0.306 e. The van der Waals surface area contributed by atoms with Crippen LogP contribution in [0.1, 0.15) is 90.9 Å². The summed E-state index contributed by atoms with van der Waals surface area (Å²) in [5, 5.41) is 81.0. The zero-order valence-electron chi connectivity index (χ0n) is 23.8. The minimum absolute atomic E-state index is 0.0270. The van der Waals surface area contributed by atoms with Crippen molar-refractivity contribution in [3.63, 3.8) is 0 Å². The summed E-state index contributed by atoms with van der Waals surface area (Å²) >= 11 is 0. The zero-order valence-corrected chi connectivity index (χ0v) is 23.8. The van der Waals surface area contributed by atoms with Gasteiger partial charge in [-0.3, -0.25) is 4.79 Å². The van der Waals surface area contributed by atoms with E-state index in [2.05, 4.69) is 13.8 Å². The monoisotopic (exact) mass is 580 g/mol. The number of carbonyl (C=O) groups is 1. The van der Waals surface area contributed by atoms with Crippen LogP contribution in [0.5, 0.6) is 0 Å². The molecule has 1 aliphatic heterocycles. The second-order valence-electron chi connectivity index (χ2n) is 11.5. The van der Waals surface area contributed by atoms with E-state index in [0.717, 1.165) is 31.6 Å². The van der Waals surface area contributed by atoms with Gasteiger partial charge >= 0.3 is 5.97 Å². The Labute approximate surface area is 236 Å². The van der Waals surface area contributed by atoms with Gasteiger partial charge in [0.15, 0.2) is 12.4 Å². The van der Waals surface area contributed by atoms with Crippen molar-refractivity contribution < 1.29 is 59.9 Å². The molecule has 1 saturated carbocycles. The lowest BCUT2D eigenvalue weighted by molar-refractivity contribution is -0.340. The summed E-state index contributed by atoms with van der Waals surface area (Å²) in [6.45, 7) is 3.80. The molecule has 0 amide bonds. The average molecular weight is 581 g/mol. The molecule has 0 bridgehead atoms. The fourth-order valence-electron chi connectivity index (χ4n) is 5.38. The van der Waals surface area contributed by atoms with Gasteiger partial charge in [-0.1, -0.05) is 78.1 Å². The molecule has 2 aliphatic rings. The first-order valence-corrected chi connectivity index (χ1v) is 14.9. The van der Waals surface area contributed by atoms with E-state index in [4.69, 9.17) is 14.2 Å². The Kier molecular flexibility index (Phi) is 15.8. The number of esters is 1. The Bertz CT molecular complexity index is 709. The summed E-state index contributed by atoms with van der Waals surface area (Å²) in [7, 11) is 0. The van der Waals surface area contributed by atoms with Gasteiger partial charge in [-0.05, 0) is 12.3 Å². The average Bonchev–Trinajstić information content (AvgIpc) is 2.94. The Morgan fingerprint density at radius 2 is 1.23 bits per heavy atom. The van der Waals surface area contributed by atoms with Crippen LogP contribution in [0.2, 0.25) is 0 Å². The van der Waals surface area contributed by atoms with Gasteiger partial charge in [0.2, 0.25) is 0 Å². The lowest BCUT2D eigenvalue weighted by Crippen LogP contribution is -2.67. The molecule has 40 heavy (non-hydrogen) atoms. The topological polar surface area (TPSA) is 207 Å². The fraction of sp³-hybridized carbons (Fsp3) is 0.964. The third-order valence-corrected chi connectivity index (χ3v) is 8.08. The lowest BCUT2D eigenvalue weighted by atomic mass is 9.84. The van der Waals surface area contributed by atoms with E-state index in [1.54, 1.807) is 0 Å². The molecule has 0 aromatic heterocycles. The van der Waals surface area contributed by atoms with Gasteiger partial charge in [0.25, 0.3) is 0 Å². The van der Waals surface area contributed by atoms with Crippen molar-refractivity contribution in [3.05, 3.63) is 0 Å². The van der Waals surface area contributed by atoms with Crippen molar-refractivity contribution in [2.45, 2.75) is 158 Å². The number of carbonyl (C=O) groups excluding carboxylic acids is 1. The second-order valence-corrected chi connectivity index (χ2v) is 11.5. The van der Waals surface area contributed by atoms with Gasteiger partial charge in [0.05, 0.1) is 6.61 Å². The molecular formula is C28H52O12. The molecule has 12 nitrogen and oxygen atoms in total. The van der Waals surface area contributed by atoms with Crippen LogP contribution in [-0.2, 0) is 19.0 Å². The summed E-state index contributed by atoms with van der Waals surface area (Å²) in [4.78, 5) is 12.6. The first-order chi connectivity index (χ1) is 19.0. The van der Waals surface area contributed by atoms with Crippen molar-refractivity contribution in [3.8, 4) is 0 Å². The van der Waals surface area contributed by atoms with Gasteiger partial charge < -0.3 is 55.1 Å². The molecule has 0 aromatic rings. The highest BCUT2D eigenvalue weighted by molar-refractivity contribution is 5.69. The van der Waals surface area contributed by atoms with E-state index in [9.17, 15) is 45.6 Å². The Balaban J connectivity index is 1.82. The molecule has 12 unspecified atom stereocenters. The maximum atomic E-state index is 12.6. The standard InChI is InChI=1S/C28H52O12/c1-3-4-9-12-16(2)13-10-7-5-6-8-11-14-18(30)39-26-23(35)21(33)22(34)24(36)27(26)40-28-25(37)20(32)19(31)17(15-29)38-28/h16-17,19-29,31-37H,3-15H2,1-2H3. The molecular weight excluding hydrogens is 528 g/mol. The van der Waals surface area contributed by atoms with E-state index in [0.29, 0.717) is 6.42 Å². The van der Waals surface area contributed by atoms with Crippen LogP contribution in [0.25, 0.3) is 0 Å². The van der Waals surface area contributed by atoms with Crippen molar-refractivity contribution in [1.82, 2.24) is 0 Å². The Morgan fingerprint density at radius 3 is 1.82 bits per heavy atom. The van der Waals surface area contributed by atoms with Crippen LogP contribution in [0, 0.1) is 5.92 Å². The largest absolute Gasteiger partial charge is 0.457 e. The number of hydrogen-bond acceptors (Lipinski definition) is 12. The summed E-state index contributed by atoms with van der Waals surface area (Å²) in [5.74, 6) is 0.0475. The van der Waals surface area contributed by atoms with E-state index < -0.39 is 79.9 Å². The van der Waals surface area contributed by atoms with Crippen LogP contribution in [0.3, 0.4) is 0 Å². The molecule has 1 heterocycles. The van der Waals surface area contributed by atoms with Crippen LogP contribution in [-0.4, -0.2) is 121 Å². The van der Waals surface area contributed by atoms with Crippen molar-refractivity contribution >= 4 is 5.97 Å². The molecule has 236 valence electrons. The number of rotatable bonds is 17. The third-order valence-electron chi connectivity index (χ3n) is 8.08. The zero-order chi connectivity index (χ0) is 29.8. The number of ether oxygens (including phenoxy) is 3. The predicted octanol–water partition coefficient (Wildman–Crippen LogP) is -0.122. The van der Waals surface area contributed by atoms with Gasteiger partial charge in [0, 0.05) is 6.42 Å². The lowest BCUT2D eigenvalue weighted by Gasteiger charge is -2.46. The minimum Gasteiger partial charge on any atom is -0.457 e. The van der Waals surface area contributed by atoms with E-state index in [1.807, 2.05) is 0 Å². The summed E-state index contributed by atoms with van der Waals surface area (Å²) < 4.78 is 16.2. The van der Waals surface area contributed by atoms with E-state index in [1.165, 1.54) is 38.5 Å². The summed E-state index contributed by atoms with van der Waals surface area (Å²) in [6.07, 6.45) is -6.88. The number of hydrogen-bond donors (Lipinski definition) is 8. The molecule has 0 spiro atoms. The van der Waals surface area contributed by atoms with Gasteiger partial charge in [-0.2, -0.15) is 0 Å². The van der Waals surface area contributed by atoms with Crippen LogP contribution in [0.4, 0.5) is 0 Å². The van der Waals surface area contributed by atoms with E-state index >= 15 is 0 Å². The summed E-state index contributed by atoms with van der Waals surface area (Å²) in [5.41, 5.74) is 0. The Hall–Kier alpha value is -0.930. The van der Waals surface area contributed by atoms with Gasteiger partial charge in [0.1, 0.15) is 54.9 Å². The minimum atomic E-state index is -1.88. The van der Waals surface area contributed by atoms with Crippen molar-refractivity contribution in [2.75, 3.05) is 6.61 Å². The first kappa shape index (κ1) is 35.3. The molecule has 12 atom stereocenters. The fourth-order valence-corrected chi connectivity index (χ4v) is 5.38. The quantitative estimate of drug-likeness (QED) is 0.0837. The number of aliphatic hydroxyl groups excluding tert-OH is 8. The van der Waals surface area contributed by atoms with Crippen LogP contribution < -0.4 is 0 Å². The molecule has 12 heteroatoms. The molecule has 8 N–H and O–H groups in total. The second kappa shape index (κ2) is 17.9. The van der Waals surface area contributed by atoms with Crippen LogP contribution in [0.15, 0.2) is 0 Å². The van der Waals surface area contributed by atoms with E-state index in [-0.39, 0.29) is 6.42 Å². The van der Waals surface area contributed by atoms with Gasteiger partial charge in [-0.15, -0.1) is 0 Å². The predicted molar refractivity (Wildman–Crippen MR) is 143 cm³/mol. The third kappa shape index (κ3) is 10.1. The summed E-state index contributed by atoms with van der Waals surface area (Å²) in [6, 6.07) is 0. The Morgan fingerprint density at radius 1 is 0.700 bits per heavy atom. The molecule has 0 aromatic carbocycles. The SMILES string of the molecule is CCCCCC(C)CCCCCCCCC(=O)OC1C(O)C(O)C(O)C(O)C1OC1OC(CO)C(O)C(O)C1O. The molecule has 2 fully saturated rings. The number of aliphatic hydroxyl groups is 8. The van der Waals surface area contributed by atoms with Gasteiger partial charge in [-0.25, -0.2) is 0 Å². The van der Waals surface area contributed by atoms with Crippen LogP contribution >= 0.6 is 0 Å². The highest BCUT2D eigenvalue weighted by Gasteiger charge is 2.54. The highest BCUT2D eigenvalue weighted by Crippen LogP contribution is 2.31.